The zero-order chi connectivity index (χ0) is 26.9. The number of benzene rings is 3. The molecule has 38 heavy (non-hydrogen) atoms. The molecule has 0 spiro atoms. The lowest BCUT2D eigenvalue weighted by atomic mass is 9.86. The summed E-state index contributed by atoms with van der Waals surface area (Å²) in [5.41, 5.74) is 3.96. The van der Waals surface area contributed by atoms with Gasteiger partial charge >= 0.3 is 0 Å². The fraction of sp³-hybridized carbons (Fsp3) is 0.353. The first-order valence-corrected chi connectivity index (χ1v) is 13.8. The van der Waals surface area contributed by atoms with Gasteiger partial charge in [0.1, 0.15) is 5.82 Å². The largest absolute Gasteiger partial charge is 0.490 e. The summed E-state index contributed by atoms with van der Waals surface area (Å²) >= 11 is 0. The van der Waals surface area contributed by atoms with E-state index in [4.69, 9.17) is 4.74 Å². The van der Waals surface area contributed by atoms with E-state index in [-0.39, 0.29) is 17.1 Å². The molecular weight excluding hydrogens is 481 g/mol. The van der Waals surface area contributed by atoms with Crippen LogP contribution in [-0.2, 0) is 0 Å². The van der Waals surface area contributed by atoms with Crippen LogP contribution in [0.1, 0.15) is 70.8 Å². The van der Waals surface area contributed by atoms with Gasteiger partial charge in [0, 0.05) is 11.1 Å². The van der Waals surface area contributed by atoms with Gasteiger partial charge in [-0.05, 0) is 79.0 Å². The number of ether oxygens (including phenoxy) is 1. The minimum absolute atomic E-state index is 0.0639. The quantitative estimate of drug-likeness (QED) is 0.181. The average Bonchev–Trinajstić information content (AvgIpc) is 2.94. The van der Waals surface area contributed by atoms with Crippen LogP contribution in [0.25, 0.3) is 27.8 Å². The minimum Gasteiger partial charge on any atom is -0.490 e. The fourth-order valence-corrected chi connectivity index (χ4v) is 5.10. The van der Waals surface area contributed by atoms with Gasteiger partial charge in [-0.15, -0.1) is 0 Å². The summed E-state index contributed by atoms with van der Waals surface area (Å²) < 4.78 is 50.1. The molecule has 0 aliphatic heterocycles. The molecule has 0 radical (unpaired) electrons. The summed E-state index contributed by atoms with van der Waals surface area (Å²) in [6, 6.07) is 15.3. The van der Waals surface area contributed by atoms with Crippen LogP contribution in [0.3, 0.4) is 0 Å². The molecule has 1 unspecified atom stereocenters. The van der Waals surface area contributed by atoms with E-state index in [1.807, 2.05) is 13.0 Å². The minimum atomic E-state index is -0.976. The second kappa shape index (κ2) is 13.5. The predicted octanol–water partition coefficient (Wildman–Crippen LogP) is 10.5. The summed E-state index contributed by atoms with van der Waals surface area (Å²) in [6.07, 6.45) is 14.8. The number of rotatable bonds is 11. The van der Waals surface area contributed by atoms with Gasteiger partial charge in [0.25, 0.3) is 0 Å². The molecule has 0 fully saturated rings. The highest BCUT2D eigenvalue weighted by Gasteiger charge is 2.17. The normalized spacial score (nSPS) is 15.6. The first kappa shape index (κ1) is 27.8. The summed E-state index contributed by atoms with van der Waals surface area (Å²) in [7, 11) is 0. The zero-order valence-electron chi connectivity index (χ0n) is 22.4. The Balaban J connectivity index is 1.44. The Morgan fingerprint density at radius 2 is 1.50 bits per heavy atom. The molecule has 1 atom stereocenters. The Morgan fingerprint density at radius 3 is 2.16 bits per heavy atom. The van der Waals surface area contributed by atoms with E-state index in [2.05, 4.69) is 25.2 Å². The third-order valence-electron chi connectivity index (χ3n) is 7.32. The molecule has 3 aromatic carbocycles. The molecule has 1 aliphatic carbocycles. The van der Waals surface area contributed by atoms with Crippen LogP contribution in [0.15, 0.2) is 72.8 Å². The number of hydrogen-bond donors (Lipinski definition) is 0. The molecule has 1 aliphatic rings. The Morgan fingerprint density at radius 1 is 0.816 bits per heavy atom. The van der Waals surface area contributed by atoms with Crippen molar-refractivity contribution in [1.82, 2.24) is 0 Å². The van der Waals surface area contributed by atoms with E-state index in [9.17, 15) is 8.78 Å². The molecule has 0 saturated heterocycles. The summed E-state index contributed by atoms with van der Waals surface area (Å²) in [4.78, 5) is 0. The lowest BCUT2D eigenvalue weighted by molar-refractivity contribution is 0.285. The van der Waals surface area contributed by atoms with Crippen LogP contribution < -0.4 is 4.74 Å². The van der Waals surface area contributed by atoms with Crippen molar-refractivity contribution in [2.24, 2.45) is 5.92 Å². The van der Waals surface area contributed by atoms with Crippen molar-refractivity contribution in [2.45, 2.75) is 65.2 Å². The highest BCUT2D eigenvalue weighted by atomic mass is 19.2. The van der Waals surface area contributed by atoms with E-state index >= 15 is 4.39 Å². The van der Waals surface area contributed by atoms with Crippen molar-refractivity contribution in [1.29, 1.82) is 0 Å². The Labute approximate surface area is 225 Å². The fourth-order valence-electron chi connectivity index (χ4n) is 5.10. The van der Waals surface area contributed by atoms with Gasteiger partial charge in [0.15, 0.2) is 11.6 Å². The molecule has 1 nitrogen and oxygen atoms in total. The molecule has 3 aromatic rings. The first-order valence-electron chi connectivity index (χ1n) is 13.8. The summed E-state index contributed by atoms with van der Waals surface area (Å²) in [6.45, 7) is 4.55. The standard InChI is InChI=1S/C34H37F3O/c1-3-5-6-7-8-22-38-32-21-20-30(33(36)34(32)37)27-16-14-26(15-17-27)29-19-18-28(23-31(29)35)25-12-10-24(9-4-2)11-13-25/h4,9,12,14-21,23-24H,3,5-8,10-11,13,22H2,1-2H3. The predicted molar refractivity (Wildman–Crippen MR) is 152 cm³/mol. The zero-order valence-corrected chi connectivity index (χ0v) is 22.4. The molecule has 0 heterocycles. The van der Waals surface area contributed by atoms with Crippen molar-refractivity contribution < 1.29 is 17.9 Å². The van der Waals surface area contributed by atoms with Crippen LogP contribution >= 0.6 is 0 Å². The average molecular weight is 519 g/mol. The molecule has 4 heteroatoms. The molecule has 200 valence electrons. The van der Waals surface area contributed by atoms with Crippen LogP contribution in [-0.4, -0.2) is 6.61 Å². The number of allylic oxidation sites excluding steroid dienone is 4. The maximum atomic E-state index is 15.1. The topological polar surface area (TPSA) is 9.23 Å². The molecule has 0 bridgehead atoms. The van der Waals surface area contributed by atoms with Crippen molar-refractivity contribution >= 4 is 5.57 Å². The summed E-state index contributed by atoms with van der Waals surface area (Å²) in [5, 5.41) is 0. The second-order valence-electron chi connectivity index (χ2n) is 10.1. The van der Waals surface area contributed by atoms with Gasteiger partial charge in [-0.2, -0.15) is 4.39 Å². The van der Waals surface area contributed by atoms with Crippen LogP contribution in [0, 0.1) is 23.4 Å². The number of halogens is 3. The van der Waals surface area contributed by atoms with Gasteiger partial charge in [0.05, 0.1) is 6.61 Å². The van der Waals surface area contributed by atoms with E-state index in [0.29, 0.717) is 29.2 Å². The van der Waals surface area contributed by atoms with E-state index in [1.165, 1.54) is 24.1 Å². The molecule has 4 rings (SSSR count). The van der Waals surface area contributed by atoms with Gasteiger partial charge in [-0.25, -0.2) is 8.78 Å². The van der Waals surface area contributed by atoms with Gasteiger partial charge < -0.3 is 4.74 Å². The Bertz CT molecular complexity index is 1270. The van der Waals surface area contributed by atoms with Gasteiger partial charge in [0.2, 0.25) is 5.82 Å². The van der Waals surface area contributed by atoms with Crippen molar-refractivity contribution in [2.75, 3.05) is 6.61 Å². The molecule has 0 amide bonds. The van der Waals surface area contributed by atoms with E-state index < -0.39 is 11.6 Å². The maximum Gasteiger partial charge on any atom is 0.201 e. The smallest absolute Gasteiger partial charge is 0.201 e. The second-order valence-corrected chi connectivity index (χ2v) is 10.1. The van der Waals surface area contributed by atoms with E-state index in [0.717, 1.165) is 50.5 Å². The van der Waals surface area contributed by atoms with Gasteiger partial charge in [-0.3, -0.25) is 0 Å². The molecular formula is C34H37F3O. The Hall–Kier alpha value is -3.27. The molecule has 0 aromatic heterocycles. The maximum absolute atomic E-state index is 15.1. The first-order chi connectivity index (χ1) is 18.5. The van der Waals surface area contributed by atoms with Crippen LogP contribution in [0.5, 0.6) is 5.75 Å². The van der Waals surface area contributed by atoms with Crippen molar-refractivity contribution in [3.63, 3.8) is 0 Å². The van der Waals surface area contributed by atoms with E-state index in [1.54, 1.807) is 36.4 Å². The lowest BCUT2D eigenvalue weighted by Gasteiger charge is -2.20. The number of hydrogen-bond acceptors (Lipinski definition) is 1. The van der Waals surface area contributed by atoms with Gasteiger partial charge in [-0.1, -0.05) is 87.2 Å². The highest BCUT2D eigenvalue weighted by molar-refractivity contribution is 5.74. The van der Waals surface area contributed by atoms with Crippen LogP contribution in [0.4, 0.5) is 13.2 Å². The SMILES string of the molecule is CC=CC1CC=C(c2ccc(-c3ccc(-c4ccc(OCCCCCCC)c(F)c4F)cc3)c(F)c2)CC1. The Kier molecular flexibility index (Phi) is 9.86. The monoisotopic (exact) mass is 518 g/mol. The lowest BCUT2D eigenvalue weighted by Crippen LogP contribution is -2.03. The van der Waals surface area contributed by atoms with Crippen LogP contribution in [0.2, 0.25) is 0 Å². The third-order valence-corrected chi connectivity index (χ3v) is 7.32. The molecule has 0 N–H and O–H groups in total. The summed E-state index contributed by atoms with van der Waals surface area (Å²) in [5.74, 6) is -1.70. The van der Waals surface area contributed by atoms with Crippen molar-refractivity contribution in [3.8, 4) is 28.0 Å². The number of unbranched alkanes of at least 4 members (excludes halogenated alkanes) is 4. The third kappa shape index (κ3) is 6.78. The highest BCUT2D eigenvalue weighted by Crippen LogP contribution is 2.35. The molecule has 0 saturated carbocycles. The van der Waals surface area contributed by atoms with Crippen molar-refractivity contribution in [3.05, 3.63) is 95.8 Å².